The second kappa shape index (κ2) is 5.24. The molecule has 15 heavy (non-hydrogen) atoms. The number of pyridine rings is 1. The molecule has 0 bridgehead atoms. The van der Waals surface area contributed by atoms with Crippen molar-refractivity contribution in [3.8, 4) is 0 Å². The lowest BCUT2D eigenvalue weighted by Crippen LogP contribution is -2.19. The number of esters is 1. The molecule has 0 amide bonds. The Balaban J connectivity index is 2.62. The van der Waals surface area contributed by atoms with Crippen LogP contribution in [0.4, 0.5) is 0 Å². The Kier molecular flexibility index (Phi) is 3.97. The second-order valence-corrected chi connectivity index (χ2v) is 3.09. The summed E-state index contributed by atoms with van der Waals surface area (Å²) in [6, 6.07) is 5.35. The molecule has 1 heterocycles. The molecule has 1 aromatic heterocycles. The molecule has 0 spiro atoms. The summed E-state index contributed by atoms with van der Waals surface area (Å²) in [4.78, 5) is 26.5. The maximum atomic E-state index is 11.3. The van der Waals surface area contributed by atoms with Crippen LogP contribution in [0.1, 0.15) is 18.3 Å². The van der Waals surface area contributed by atoms with Crippen molar-refractivity contribution in [3.63, 3.8) is 0 Å². The van der Waals surface area contributed by atoms with Crippen molar-refractivity contribution in [2.24, 2.45) is 0 Å². The summed E-state index contributed by atoms with van der Waals surface area (Å²) in [6.07, 6.45) is 0.000509. The zero-order valence-electron chi connectivity index (χ0n) is 8.82. The molecule has 0 aliphatic rings. The van der Waals surface area contributed by atoms with E-state index in [1.165, 1.54) is 0 Å². The third kappa shape index (κ3) is 3.50. The van der Waals surface area contributed by atoms with Crippen molar-refractivity contribution in [1.29, 1.82) is 0 Å². The molecule has 4 nitrogen and oxygen atoms in total. The molecule has 0 saturated heterocycles. The van der Waals surface area contributed by atoms with Crippen molar-refractivity contribution in [3.05, 3.63) is 29.6 Å². The lowest BCUT2D eigenvalue weighted by Gasteiger charge is -2.01. The lowest BCUT2D eigenvalue weighted by atomic mass is 10.2. The average Bonchev–Trinajstić information content (AvgIpc) is 2.18. The van der Waals surface area contributed by atoms with Gasteiger partial charge in [-0.25, -0.2) is 4.79 Å². The van der Waals surface area contributed by atoms with Gasteiger partial charge in [0, 0.05) is 11.4 Å². The number of ether oxygens (including phenoxy) is 1. The number of Topliss-reactive ketones (excluding diaryl/α,β-unsaturated/α-hetero) is 1. The van der Waals surface area contributed by atoms with Crippen molar-refractivity contribution in [2.45, 2.75) is 20.3 Å². The number of carbonyl (C=O) groups is 2. The average molecular weight is 207 g/mol. The molecule has 0 radical (unpaired) electrons. The van der Waals surface area contributed by atoms with Crippen LogP contribution in [0.15, 0.2) is 18.2 Å². The molecule has 0 N–H and O–H groups in total. The fraction of sp³-hybridized carbons (Fsp3) is 0.364. The van der Waals surface area contributed by atoms with E-state index in [9.17, 15) is 9.59 Å². The zero-order chi connectivity index (χ0) is 11.3. The summed E-state index contributed by atoms with van der Waals surface area (Å²) in [5.74, 6) is -1.35. The number of nitrogens with zero attached hydrogens (tertiary/aromatic N) is 1. The fourth-order valence-corrected chi connectivity index (χ4v) is 1.15. The summed E-state index contributed by atoms with van der Waals surface area (Å²) < 4.78 is 4.59. The van der Waals surface area contributed by atoms with Gasteiger partial charge in [0.2, 0.25) is 5.78 Å². The van der Waals surface area contributed by atoms with Gasteiger partial charge < -0.3 is 4.74 Å². The van der Waals surface area contributed by atoms with Crippen LogP contribution in [-0.4, -0.2) is 23.3 Å². The molecule has 0 aromatic carbocycles. The van der Waals surface area contributed by atoms with E-state index in [1.54, 1.807) is 19.1 Å². The van der Waals surface area contributed by atoms with Crippen LogP contribution in [0, 0.1) is 6.92 Å². The van der Waals surface area contributed by atoms with Gasteiger partial charge in [0.15, 0.2) is 0 Å². The fourth-order valence-electron chi connectivity index (χ4n) is 1.15. The minimum absolute atomic E-state index is 0.000509. The van der Waals surface area contributed by atoms with Crippen LogP contribution in [0.3, 0.4) is 0 Å². The highest BCUT2D eigenvalue weighted by molar-refractivity contribution is 6.34. The first-order chi connectivity index (χ1) is 7.13. The molecule has 0 unspecified atom stereocenters. The molecule has 1 rings (SSSR count). The summed E-state index contributed by atoms with van der Waals surface area (Å²) in [7, 11) is 0. The molecule has 4 heteroatoms. The molecule has 0 saturated carbocycles. The van der Waals surface area contributed by atoms with Gasteiger partial charge in [0.05, 0.1) is 13.0 Å². The van der Waals surface area contributed by atoms with Gasteiger partial charge in [0.25, 0.3) is 0 Å². The van der Waals surface area contributed by atoms with E-state index in [0.29, 0.717) is 5.69 Å². The van der Waals surface area contributed by atoms with Gasteiger partial charge in [-0.1, -0.05) is 6.07 Å². The van der Waals surface area contributed by atoms with Crippen molar-refractivity contribution in [1.82, 2.24) is 4.98 Å². The number of ketones is 1. The van der Waals surface area contributed by atoms with Crippen LogP contribution in [0.25, 0.3) is 0 Å². The molecule has 80 valence electrons. The molecule has 0 aliphatic heterocycles. The number of hydrogen-bond donors (Lipinski definition) is 0. The van der Waals surface area contributed by atoms with Gasteiger partial charge in [-0.3, -0.25) is 9.78 Å². The summed E-state index contributed by atoms with van der Waals surface area (Å²) in [5, 5.41) is 0. The minimum atomic E-state index is -0.791. The van der Waals surface area contributed by atoms with Gasteiger partial charge in [-0.15, -0.1) is 0 Å². The Hall–Kier alpha value is -1.71. The van der Waals surface area contributed by atoms with E-state index >= 15 is 0 Å². The molecule has 1 aromatic rings. The zero-order valence-corrected chi connectivity index (χ0v) is 8.82. The number of carbonyl (C=O) groups excluding carboxylic acids is 2. The molecular weight excluding hydrogens is 194 g/mol. The highest BCUT2D eigenvalue weighted by Gasteiger charge is 2.15. The predicted octanol–water partition coefficient (Wildman–Crippen LogP) is 1.06. The van der Waals surface area contributed by atoms with E-state index < -0.39 is 11.8 Å². The van der Waals surface area contributed by atoms with Gasteiger partial charge >= 0.3 is 5.97 Å². The minimum Gasteiger partial charge on any atom is -0.460 e. The van der Waals surface area contributed by atoms with Crippen molar-refractivity contribution >= 4 is 11.8 Å². The molecule has 0 atom stereocenters. The van der Waals surface area contributed by atoms with E-state index in [4.69, 9.17) is 0 Å². The number of rotatable bonds is 4. The maximum absolute atomic E-state index is 11.3. The first kappa shape index (κ1) is 11.4. The van der Waals surface area contributed by atoms with Crippen LogP contribution < -0.4 is 0 Å². The largest absolute Gasteiger partial charge is 0.460 e. The maximum Gasteiger partial charge on any atom is 0.375 e. The number of hydrogen-bond acceptors (Lipinski definition) is 4. The van der Waals surface area contributed by atoms with E-state index in [2.05, 4.69) is 9.72 Å². The Morgan fingerprint density at radius 2 is 2.13 bits per heavy atom. The second-order valence-electron chi connectivity index (χ2n) is 3.09. The first-order valence-corrected chi connectivity index (χ1v) is 4.76. The first-order valence-electron chi connectivity index (χ1n) is 4.76. The van der Waals surface area contributed by atoms with Gasteiger partial charge in [0.1, 0.15) is 0 Å². The standard InChI is InChI=1S/C11H13NO3/c1-3-15-11(14)10(13)7-9-6-4-5-8(2)12-9/h4-6H,3,7H2,1-2H3. The highest BCUT2D eigenvalue weighted by Crippen LogP contribution is 2.00. The highest BCUT2D eigenvalue weighted by atomic mass is 16.5. The third-order valence-corrected chi connectivity index (χ3v) is 1.79. The van der Waals surface area contributed by atoms with E-state index in [0.717, 1.165) is 5.69 Å². The van der Waals surface area contributed by atoms with Crippen LogP contribution >= 0.6 is 0 Å². The Labute approximate surface area is 88.3 Å². The van der Waals surface area contributed by atoms with Gasteiger partial charge in [-0.05, 0) is 26.0 Å². The Morgan fingerprint density at radius 3 is 2.73 bits per heavy atom. The Bertz CT molecular complexity index is 374. The van der Waals surface area contributed by atoms with Gasteiger partial charge in [-0.2, -0.15) is 0 Å². The smallest absolute Gasteiger partial charge is 0.375 e. The summed E-state index contributed by atoms with van der Waals surface area (Å²) in [5.41, 5.74) is 1.41. The molecule has 0 aliphatic carbocycles. The summed E-state index contributed by atoms with van der Waals surface area (Å²) in [6.45, 7) is 3.71. The Morgan fingerprint density at radius 1 is 1.40 bits per heavy atom. The molecular formula is C11H13NO3. The third-order valence-electron chi connectivity index (χ3n) is 1.79. The van der Waals surface area contributed by atoms with E-state index in [1.807, 2.05) is 13.0 Å². The van der Waals surface area contributed by atoms with Crippen LogP contribution in [0.5, 0.6) is 0 Å². The topological polar surface area (TPSA) is 56.3 Å². The van der Waals surface area contributed by atoms with Crippen molar-refractivity contribution < 1.29 is 14.3 Å². The number of aryl methyl sites for hydroxylation is 1. The van der Waals surface area contributed by atoms with Crippen LogP contribution in [-0.2, 0) is 20.7 Å². The quantitative estimate of drug-likeness (QED) is 0.547. The molecule has 0 fully saturated rings. The monoisotopic (exact) mass is 207 g/mol. The summed E-state index contributed by atoms with van der Waals surface area (Å²) >= 11 is 0. The normalized spacial score (nSPS) is 9.73. The van der Waals surface area contributed by atoms with Crippen molar-refractivity contribution in [2.75, 3.05) is 6.61 Å². The van der Waals surface area contributed by atoms with Crippen LogP contribution in [0.2, 0.25) is 0 Å². The van der Waals surface area contributed by atoms with E-state index in [-0.39, 0.29) is 13.0 Å². The predicted molar refractivity (Wildman–Crippen MR) is 54.3 cm³/mol. The SMILES string of the molecule is CCOC(=O)C(=O)Cc1cccc(C)n1. The number of aromatic nitrogens is 1. The lowest BCUT2D eigenvalue weighted by molar-refractivity contribution is -0.153.